The molecule has 1 aromatic carbocycles. The first-order chi connectivity index (χ1) is 11.8. The Balaban J connectivity index is 1.70. The number of hydrogen-bond donors (Lipinski definition) is 1. The van der Waals surface area contributed by atoms with Gasteiger partial charge in [-0.3, -0.25) is 4.79 Å². The molecule has 1 aromatic heterocycles. The lowest BCUT2D eigenvalue weighted by Gasteiger charge is -2.13. The number of nitrogens with one attached hydrogen (secondary N) is 1. The van der Waals surface area contributed by atoms with Gasteiger partial charge in [0.1, 0.15) is 16.4 Å². The Morgan fingerprint density at radius 2 is 1.92 bits per heavy atom. The fourth-order valence-corrected chi connectivity index (χ4v) is 3.20. The van der Waals surface area contributed by atoms with Crippen LogP contribution in [0.15, 0.2) is 24.3 Å². The molecule has 6 heteroatoms. The van der Waals surface area contributed by atoms with Gasteiger partial charge in [-0.25, -0.2) is 9.37 Å². The first-order valence-electron chi connectivity index (χ1n) is 8.42. The fourth-order valence-electron chi connectivity index (χ4n) is 2.16. The van der Waals surface area contributed by atoms with Crippen molar-refractivity contribution < 1.29 is 13.9 Å². The molecular formula is C19H25FN2O2S. The number of benzene rings is 1. The largest absolute Gasteiger partial charge is 0.494 e. The van der Waals surface area contributed by atoms with E-state index in [1.165, 1.54) is 23.5 Å². The van der Waals surface area contributed by atoms with Gasteiger partial charge < -0.3 is 10.1 Å². The molecule has 0 aliphatic carbocycles. The zero-order chi connectivity index (χ0) is 18.4. The van der Waals surface area contributed by atoms with E-state index in [9.17, 15) is 9.18 Å². The SMILES string of the molecule is Cc1nc(C(C)(C)C)sc1C(=O)NCCCCOc1ccc(F)cc1. The average Bonchev–Trinajstić information content (AvgIpc) is 2.94. The Morgan fingerprint density at radius 1 is 1.24 bits per heavy atom. The maximum absolute atomic E-state index is 12.8. The summed E-state index contributed by atoms with van der Waals surface area (Å²) in [5.74, 6) is 0.313. The molecule has 0 atom stereocenters. The predicted molar refractivity (Wildman–Crippen MR) is 99.0 cm³/mol. The lowest BCUT2D eigenvalue weighted by Crippen LogP contribution is -2.24. The second kappa shape index (κ2) is 8.43. The molecule has 0 bridgehead atoms. The van der Waals surface area contributed by atoms with Crippen molar-refractivity contribution in [3.63, 3.8) is 0 Å². The highest BCUT2D eigenvalue weighted by atomic mass is 32.1. The number of amides is 1. The first kappa shape index (κ1) is 19.4. The van der Waals surface area contributed by atoms with Crippen molar-refractivity contribution in [3.05, 3.63) is 45.7 Å². The molecule has 0 aliphatic rings. The van der Waals surface area contributed by atoms with E-state index >= 15 is 0 Å². The number of rotatable bonds is 7. The molecule has 1 amide bonds. The molecule has 1 N–H and O–H groups in total. The standard InChI is InChI=1S/C19H25FN2O2S/c1-13-16(25-18(22-13)19(2,3)4)17(23)21-11-5-6-12-24-15-9-7-14(20)8-10-15/h7-10H,5-6,11-12H2,1-4H3,(H,21,23). The van der Waals surface area contributed by atoms with Crippen LogP contribution in [0, 0.1) is 12.7 Å². The minimum Gasteiger partial charge on any atom is -0.494 e. The predicted octanol–water partition coefficient (Wildman–Crippen LogP) is 4.48. The van der Waals surface area contributed by atoms with Crippen molar-refractivity contribution in [1.82, 2.24) is 10.3 Å². The maximum Gasteiger partial charge on any atom is 0.263 e. The summed E-state index contributed by atoms with van der Waals surface area (Å²) < 4.78 is 18.3. The number of aryl methyl sites for hydroxylation is 1. The van der Waals surface area contributed by atoms with Gasteiger partial charge in [0.15, 0.2) is 0 Å². The summed E-state index contributed by atoms with van der Waals surface area (Å²) in [6, 6.07) is 5.96. The molecule has 0 saturated carbocycles. The number of aromatic nitrogens is 1. The fraction of sp³-hybridized carbons (Fsp3) is 0.474. The molecule has 0 unspecified atom stereocenters. The zero-order valence-electron chi connectivity index (χ0n) is 15.2. The van der Waals surface area contributed by atoms with Crippen LogP contribution in [-0.4, -0.2) is 24.0 Å². The number of ether oxygens (including phenoxy) is 1. The van der Waals surface area contributed by atoms with Crippen LogP contribution in [0.5, 0.6) is 5.75 Å². The van der Waals surface area contributed by atoms with Crippen LogP contribution in [0.2, 0.25) is 0 Å². The van der Waals surface area contributed by atoms with Crippen LogP contribution < -0.4 is 10.1 Å². The number of carbonyl (C=O) groups is 1. The minimum atomic E-state index is -0.275. The molecule has 0 aliphatic heterocycles. The lowest BCUT2D eigenvalue weighted by atomic mass is 9.98. The highest BCUT2D eigenvalue weighted by Gasteiger charge is 2.22. The highest BCUT2D eigenvalue weighted by molar-refractivity contribution is 7.14. The first-order valence-corrected chi connectivity index (χ1v) is 9.23. The topological polar surface area (TPSA) is 51.2 Å². The minimum absolute atomic E-state index is 0.0500. The number of halogens is 1. The summed E-state index contributed by atoms with van der Waals surface area (Å²) in [4.78, 5) is 17.5. The van der Waals surface area contributed by atoms with Crippen molar-refractivity contribution in [2.24, 2.45) is 0 Å². The molecule has 2 rings (SSSR count). The molecule has 1 heterocycles. The molecule has 4 nitrogen and oxygen atoms in total. The number of nitrogens with zero attached hydrogens (tertiary/aromatic N) is 1. The Bertz CT molecular complexity index is 705. The van der Waals surface area contributed by atoms with Crippen molar-refractivity contribution in [2.45, 2.75) is 46.0 Å². The van der Waals surface area contributed by atoms with E-state index in [2.05, 4.69) is 31.1 Å². The van der Waals surface area contributed by atoms with E-state index in [4.69, 9.17) is 4.74 Å². The van der Waals surface area contributed by atoms with Gasteiger partial charge in [-0.05, 0) is 44.0 Å². The number of carbonyl (C=O) groups excluding carboxylic acids is 1. The van der Waals surface area contributed by atoms with Gasteiger partial charge in [0.25, 0.3) is 5.91 Å². The average molecular weight is 364 g/mol. The highest BCUT2D eigenvalue weighted by Crippen LogP contribution is 2.29. The number of thiazole rings is 1. The van der Waals surface area contributed by atoms with Gasteiger partial charge in [-0.1, -0.05) is 20.8 Å². The van der Waals surface area contributed by atoms with Crippen molar-refractivity contribution in [2.75, 3.05) is 13.2 Å². The van der Waals surface area contributed by atoms with E-state index in [-0.39, 0.29) is 17.1 Å². The van der Waals surface area contributed by atoms with Gasteiger partial charge >= 0.3 is 0 Å². The van der Waals surface area contributed by atoms with Crippen molar-refractivity contribution >= 4 is 17.2 Å². The van der Waals surface area contributed by atoms with Gasteiger partial charge in [-0.2, -0.15) is 0 Å². The molecule has 0 spiro atoms. The van der Waals surface area contributed by atoms with Crippen LogP contribution in [0.4, 0.5) is 4.39 Å². The van der Waals surface area contributed by atoms with Crippen LogP contribution in [-0.2, 0) is 5.41 Å². The molecule has 0 fully saturated rings. The van der Waals surface area contributed by atoms with E-state index in [1.54, 1.807) is 12.1 Å². The molecule has 0 saturated heterocycles. The smallest absolute Gasteiger partial charge is 0.263 e. The lowest BCUT2D eigenvalue weighted by molar-refractivity contribution is 0.0955. The third-order valence-electron chi connectivity index (χ3n) is 3.58. The van der Waals surface area contributed by atoms with Crippen LogP contribution in [0.25, 0.3) is 0 Å². The normalized spacial score (nSPS) is 11.4. The Labute approximate surface area is 152 Å². The quantitative estimate of drug-likeness (QED) is 0.737. The molecule has 0 radical (unpaired) electrons. The van der Waals surface area contributed by atoms with Gasteiger partial charge in [0.05, 0.1) is 17.3 Å². The summed E-state index contributed by atoms with van der Waals surface area (Å²) in [6.45, 7) is 9.27. The van der Waals surface area contributed by atoms with Crippen LogP contribution in [0.1, 0.15) is 54.0 Å². The number of unbranched alkanes of at least 4 members (excludes halogenated alkanes) is 1. The summed E-state index contributed by atoms with van der Waals surface area (Å²) in [7, 11) is 0. The summed E-state index contributed by atoms with van der Waals surface area (Å²) in [5, 5.41) is 3.91. The summed E-state index contributed by atoms with van der Waals surface area (Å²) in [6.07, 6.45) is 1.63. The third kappa shape index (κ3) is 5.81. The Hall–Kier alpha value is -1.95. The molecule has 25 heavy (non-hydrogen) atoms. The number of hydrogen-bond acceptors (Lipinski definition) is 4. The second-order valence-electron chi connectivity index (χ2n) is 6.95. The molecular weight excluding hydrogens is 339 g/mol. The van der Waals surface area contributed by atoms with Crippen molar-refractivity contribution in [1.29, 1.82) is 0 Å². The zero-order valence-corrected chi connectivity index (χ0v) is 16.0. The van der Waals surface area contributed by atoms with Crippen LogP contribution >= 0.6 is 11.3 Å². The summed E-state index contributed by atoms with van der Waals surface area (Å²) >= 11 is 1.46. The Kier molecular flexibility index (Phi) is 6.53. The van der Waals surface area contributed by atoms with E-state index < -0.39 is 0 Å². The molecule has 2 aromatic rings. The van der Waals surface area contributed by atoms with Gasteiger partial charge in [0.2, 0.25) is 0 Å². The third-order valence-corrected chi connectivity index (χ3v) is 5.17. The maximum atomic E-state index is 12.8. The Morgan fingerprint density at radius 3 is 2.52 bits per heavy atom. The van der Waals surface area contributed by atoms with Crippen molar-refractivity contribution in [3.8, 4) is 5.75 Å². The van der Waals surface area contributed by atoms with E-state index in [0.29, 0.717) is 23.8 Å². The van der Waals surface area contributed by atoms with E-state index in [1.807, 2.05) is 6.92 Å². The monoisotopic (exact) mass is 364 g/mol. The summed E-state index contributed by atoms with van der Waals surface area (Å²) in [5.41, 5.74) is 0.734. The molecule has 136 valence electrons. The van der Waals surface area contributed by atoms with E-state index in [0.717, 1.165) is 23.5 Å². The van der Waals surface area contributed by atoms with Crippen LogP contribution in [0.3, 0.4) is 0 Å². The van der Waals surface area contributed by atoms with Gasteiger partial charge in [0, 0.05) is 12.0 Å². The van der Waals surface area contributed by atoms with Gasteiger partial charge in [-0.15, -0.1) is 11.3 Å². The second-order valence-corrected chi connectivity index (χ2v) is 7.95.